The number of carbonyl (C=O) groups excluding carboxylic acids is 1. The molecule has 1 rings (SSSR count). The van der Waals surface area contributed by atoms with Crippen molar-refractivity contribution in [1.82, 2.24) is 5.32 Å². The van der Waals surface area contributed by atoms with Gasteiger partial charge >= 0.3 is 12.1 Å². The lowest BCUT2D eigenvalue weighted by atomic mass is 10.2. The Labute approximate surface area is 137 Å². The molecule has 1 atom stereocenters. The fraction of sp³-hybridized carbons (Fsp3) is 0.467. The van der Waals surface area contributed by atoms with Crippen LogP contribution in [-0.2, 0) is 20.9 Å². The molecule has 0 aromatic heterocycles. The van der Waals surface area contributed by atoms with Crippen LogP contribution in [0.4, 0.5) is 4.79 Å². The van der Waals surface area contributed by atoms with Crippen molar-refractivity contribution in [2.45, 2.75) is 39.0 Å². The lowest BCUT2D eigenvalue weighted by molar-refractivity contribution is -0.141. The van der Waals surface area contributed by atoms with Gasteiger partial charge in [0.15, 0.2) is 6.04 Å². The van der Waals surface area contributed by atoms with Crippen LogP contribution in [0.25, 0.3) is 0 Å². The molecule has 0 saturated carbocycles. The summed E-state index contributed by atoms with van der Waals surface area (Å²) in [4.78, 5) is 22.7. The molecule has 1 aromatic rings. The number of hydrogen-bond donors (Lipinski definition) is 2. The number of carboxylic acid groups (broad SMARTS) is 1. The van der Waals surface area contributed by atoms with Crippen molar-refractivity contribution in [2.24, 2.45) is 0 Å². The molecule has 1 aromatic carbocycles. The molecule has 7 heteroatoms. The Hall–Kier alpha value is -1.60. The first-order valence-corrected chi connectivity index (χ1v) is 7.51. The van der Waals surface area contributed by atoms with E-state index in [0.29, 0.717) is 0 Å². The summed E-state index contributed by atoms with van der Waals surface area (Å²) in [5.74, 6) is -1.18. The van der Waals surface area contributed by atoms with Crippen LogP contribution in [0, 0.1) is 0 Å². The summed E-state index contributed by atoms with van der Waals surface area (Å²) < 4.78 is 11.3. The largest absolute Gasteiger partial charge is 0.480 e. The zero-order chi connectivity index (χ0) is 16.8. The third kappa shape index (κ3) is 7.42. The Kier molecular flexibility index (Phi) is 6.83. The number of hydrogen-bond acceptors (Lipinski definition) is 4. The predicted molar refractivity (Wildman–Crippen MR) is 84.6 cm³/mol. The second kappa shape index (κ2) is 8.14. The molecule has 0 heterocycles. The Balaban J connectivity index is 2.46. The Morgan fingerprint density at radius 1 is 1.27 bits per heavy atom. The quantitative estimate of drug-likeness (QED) is 0.800. The highest BCUT2D eigenvalue weighted by Crippen LogP contribution is 2.11. The summed E-state index contributed by atoms with van der Waals surface area (Å²) in [5.41, 5.74) is 0.218. The maximum atomic E-state index is 11.6. The predicted octanol–water partition coefficient (Wildman–Crippen LogP) is 2.94. The molecule has 0 bridgehead atoms. The second-order valence-electron chi connectivity index (χ2n) is 5.68. The Bertz CT molecular complexity index is 510. The van der Waals surface area contributed by atoms with Gasteiger partial charge in [0.05, 0.1) is 13.2 Å². The zero-order valence-electron chi connectivity index (χ0n) is 12.8. The van der Waals surface area contributed by atoms with E-state index in [1.165, 1.54) is 0 Å². The van der Waals surface area contributed by atoms with Crippen LogP contribution in [0.2, 0.25) is 0 Å². The molecule has 0 saturated heterocycles. The van der Waals surface area contributed by atoms with Gasteiger partial charge in [0.25, 0.3) is 0 Å². The van der Waals surface area contributed by atoms with Crippen LogP contribution < -0.4 is 5.32 Å². The first-order valence-electron chi connectivity index (χ1n) is 6.72. The molecule has 1 amide bonds. The molecule has 0 spiro atoms. The van der Waals surface area contributed by atoms with Gasteiger partial charge in [-0.05, 0) is 38.5 Å². The highest BCUT2D eigenvalue weighted by atomic mass is 79.9. The number of rotatable bonds is 6. The third-order valence-corrected chi connectivity index (χ3v) is 2.98. The maximum Gasteiger partial charge on any atom is 0.408 e. The SMILES string of the molecule is CC(C)(C)OC(=O)NC(COCc1ccc(Br)cc1)C(=O)O. The number of benzene rings is 1. The van der Waals surface area contributed by atoms with E-state index in [4.69, 9.17) is 14.6 Å². The van der Waals surface area contributed by atoms with E-state index in [9.17, 15) is 9.59 Å². The molecule has 0 radical (unpaired) electrons. The first-order chi connectivity index (χ1) is 10.2. The van der Waals surface area contributed by atoms with Gasteiger partial charge in [-0.1, -0.05) is 28.1 Å². The molecule has 0 aliphatic carbocycles. The Morgan fingerprint density at radius 2 is 1.86 bits per heavy atom. The van der Waals surface area contributed by atoms with E-state index in [1.807, 2.05) is 24.3 Å². The third-order valence-electron chi connectivity index (χ3n) is 2.46. The molecule has 122 valence electrons. The number of amides is 1. The summed E-state index contributed by atoms with van der Waals surface area (Å²) in [5, 5.41) is 11.4. The average molecular weight is 374 g/mol. The van der Waals surface area contributed by atoms with Gasteiger partial charge in [-0.25, -0.2) is 9.59 Å². The van der Waals surface area contributed by atoms with Crippen molar-refractivity contribution >= 4 is 28.0 Å². The van der Waals surface area contributed by atoms with Gasteiger partial charge in [-0.3, -0.25) is 0 Å². The van der Waals surface area contributed by atoms with Crippen LogP contribution in [-0.4, -0.2) is 35.4 Å². The van der Waals surface area contributed by atoms with Crippen LogP contribution >= 0.6 is 15.9 Å². The number of carbonyl (C=O) groups is 2. The van der Waals surface area contributed by atoms with Gasteiger partial charge in [0.1, 0.15) is 5.60 Å². The smallest absolute Gasteiger partial charge is 0.408 e. The van der Waals surface area contributed by atoms with Crippen LogP contribution in [0.5, 0.6) is 0 Å². The maximum absolute atomic E-state index is 11.6. The Morgan fingerprint density at radius 3 is 2.36 bits per heavy atom. The fourth-order valence-corrected chi connectivity index (χ4v) is 1.76. The molecule has 6 nitrogen and oxygen atoms in total. The minimum Gasteiger partial charge on any atom is -0.480 e. The van der Waals surface area contributed by atoms with Crippen molar-refractivity contribution in [2.75, 3.05) is 6.61 Å². The molecule has 0 aliphatic rings. The van der Waals surface area contributed by atoms with E-state index in [1.54, 1.807) is 20.8 Å². The molecule has 2 N–H and O–H groups in total. The van der Waals surface area contributed by atoms with E-state index in [2.05, 4.69) is 21.2 Å². The molecular formula is C15H20BrNO5. The van der Waals surface area contributed by atoms with Crippen molar-refractivity contribution < 1.29 is 24.2 Å². The molecule has 1 unspecified atom stereocenters. The van der Waals surface area contributed by atoms with Gasteiger partial charge in [0, 0.05) is 4.47 Å². The summed E-state index contributed by atoms with van der Waals surface area (Å²) in [7, 11) is 0. The van der Waals surface area contributed by atoms with Crippen LogP contribution in [0.15, 0.2) is 28.7 Å². The van der Waals surface area contributed by atoms with E-state index in [0.717, 1.165) is 10.0 Å². The lowest BCUT2D eigenvalue weighted by Crippen LogP contribution is -2.46. The highest BCUT2D eigenvalue weighted by molar-refractivity contribution is 9.10. The van der Waals surface area contributed by atoms with Crippen LogP contribution in [0.3, 0.4) is 0 Å². The average Bonchev–Trinajstić information content (AvgIpc) is 2.37. The lowest BCUT2D eigenvalue weighted by Gasteiger charge is -2.22. The standard InChI is InChI=1S/C15H20BrNO5/c1-15(2,3)22-14(20)17-12(13(18)19)9-21-8-10-4-6-11(16)7-5-10/h4-7,12H,8-9H2,1-3H3,(H,17,20)(H,18,19). The van der Waals surface area contributed by atoms with Gasteiger partial charge in [0.2, 0.25) is 0 Å². The number of halogens is 1. The fourth-order valence-electron chi connectivity index (χ4n) is 1.50. The van der Waals surface area contributed by atoms with Gasteiger partial charge in [-0.15, -0.1) is 0 Å². The molecule has 0 aliphatic heterocycles. The summed E-state index contributed by atoms with van der Waals surface area (Å²) in [6.45, 7) is 5.21. The van der Waals surface area contributed by atoms with Crippen molar-refractivity contribution in [3.63, 3.8) is 0 Å². The number of alkyl carbamates (subject to hydrolysis) is 1. The number of aliphatic carboxylic acids is 1. The second-order valence-corrected chi connectivity index (χ2v) is 6.59. The minimum atomic E-state index is -1.18. The van der Waals surface area contributed by atoms with E-state index >= 15 is 0 Å². The topological polar surface area (TPSA) is 84.9 Å². The van der Waals surface area contributed by atoms with Crippen molar-refractivity contribution in [3.05, 3.63) is 34.3 Å². The number of carboxylic acids is 1. The number of nitrogens with one attached hydrogen (secondary N) is 1. The van der Waals surface area contributed by atoms with Crippen LogP contribution in [0.1, 0.15) is 26.3 Å². The summed E-state index contributed by atoms with van der Waals surface area (Å²) in [6, 6.07) is 6.30. The minimum absolute atomic E-state index is 0.148. The normalized spacial score (nSPS) is 12.5. The van der Waals surface area contributed by atoms with Crippen molar-refractivity contribution in [1.29, 1.82) is 0 Å². The van der Waals surface area contributed by atoms with Gasteiger partial charge in [-0.2, -0.15) is 0 Å². The first kappa shape index (κ1) is 18.4. The van der Waals surface area contributed by atoms with Gasteiger partial charge < -0.3 is 19.9 Å². The van der Waals surface area contributed by atoms with E-state index < -0.39 is 23.7 Å². The molecule has 0 fully saturated rings. The zero-order valence-corrected chi connectivity index (χ0v) is 14.3. The molecular weight excluding hydrogens is 354 g/mol. The summed E-state index contributed by atoms with van der Waals surface area (Å²) >= 11 is 3.33. The number of ether oxygens (including phenoxy) is 2. The van der Waals surface area contributed by atoms with E-state index in [-0.39, 0.29) is 13.2 Å². The van der Waals surface area contributed by atoms with Crippen molar-refractivity contribution in [3.8, 4) is 0 Å². The highest BCUT2D eigenvalue weighted by Gasteiger charge is 2.24. The summed E-state index contributed by atoms with van der Waals surface area (Å²) in [6.07, 6.45) is -0.785. The monoisotopic (exact) mass is 373 g/mol. The molecule has 22 heavy (non-hydrogen) atoms.